The Balaban J connectivity index is 3.10. The van der Waals surface area contributed by atoms with Gasteiger partial charge in [0, 0.05) is 3.39 Å². The van der Waals surface area contributed by atoms with E-state index in [2.05, 4.69) is 4.98 Å². The molecule has 226 valence electrons. The first kappa shape index (κ1) is 33.4. The molecule has 0 saturated carbocycles. The summed E-state index contributed by atoms with van der Waals surface area (Å²) in [5.74, 6) is -2.82. The number of carbonyl (C=O) groups is 1. The van der Waals surface area contributed by atoms with Gasteiger partial charge in [-0.2, -0.15) is 43.2 Å². The number of halogens is 6. The number of carbonyl (C=O) groups excluding carboxylic acids is 1. The fourth-order valence-electron chi connectivity index (χ4n) is 3.63. The Morgan fingerprint density at radius 3 is 1.93 bits per heavy atom. The monoisotopic (exact) mass is 628 g/mol. The van der Waals surface area contributed by atoms with Crippen molar-refractivity contribution in [3.05, 3.63) is 30.6 Å². The molecule has 20 heteroatoms. The van der Waals surface area contributed by atoms with E-state index in [1.54, 1.807) is 11.5 Å². The molecular weight excluding hydrogens is 600 g/mol. The highest BCUT2D eigenvalue weighted by Gasteiger charge is 2.69. The summed E-state index contributed by atoms with van der Waals surface area (Å²) in [5, 5.41) is 20.5. The van der Waals surface area contributed by atoms with Gasteiger partial charge in [-0.3, -0.25) is 4.79 Å². The number of H-pyrrole nitrogens is 1. The molecule has 2 aromatic rings. The van der Waals surface area contributed by atoms with E-state index < -0.39 is 64.5 Å². The van der Waals surface area contributed by atoms with Crippen molar-refractivity contribution in [2.24, 2.45) is 0 Å². The fourth-order valence-corrected chi connectivity index (χ4v) is 6.47. The van der Waals surface area contributed by atoms with Crippen molar-refractivity contribution >= 4 is 31.5 Å². The third kappa shape index (κ3) is 6.39. The number of imidazole rings is 2. The Labute approximate surface area is 224 Å². The van der Waals surface area contributed by atoms with Gasteiger partial charge in [-0.25, -0.2) is 14.1 Å². The van der Waals surface area contributed by atoms with Crippen LogP contribution in [0.4, 0.5) is 26.3 Å². The van der Waals surface area contributed by atoms with E-state index in [-0.39, 0.29) is 12.5 Å². The van der Waals surface area contributed by atoms with E-state index in [0.717, 1.165) is 15.6 Å². The van der Waals surface area contributed by atoms with E-state index in [9.17, 15) is 58.2 Å². The molecule has 12 nitrogen and oxygen atoms in total. The van der Waals surface area contributed by atoms with Crippen LogP contribution in [-0.2, 0) is 37.9 Å². The fraction of sp³-hybridized carbons (Fsp3) is 0.600. The van der Waals surface area contributed by atoms with Crippen LogP contribution in [0.2, 0.25) is 0 Å². The lowest BCUT2D eigenvalue weighted by Gasteiger charge is -2.14. The maximum atomic E-state index is 13.5. The minimum atomic E-state index is -7.52. The van der Waals surface area contributed by atoms with Crippen LogP contribution in [0.5, 0.6) is 0 Å². The maximum absolute atomic E-state index is 13.5. The van der Waals surface area contributed by atoms with E-state index in [1.165, 1.54) is 24.8 Å². The van der Waals surface area contributed by atoms with E-state index in [4.69, 9.17) is 0 Å². The molecule has 0 radical (unpaired) electrons. The van der Waals surface area contributed by atoms with E-state index >= 15 is 0 Å². The van der Waals surface area contributed by atoms with Gasteiger partial charge in [-0.1, -0.05) is 26.7 Å². The van der Waals surface area contributed by atoms with E-state index in [0.29, 0.717) is 25.8 Å². The number of unbranched alkanes of at least 4 members (excludes halogenated alkanes) is 2. The molecular formula is C20H28F6N5O7S2+3. The summed E-state index contributed by atoms with van der Waals surface area (Å²) in [6.45, 7) is 1.97. The van der Waals surface area contributed by atoms with Crippen LogP contribution in [-0.4, -0.2) is 69.1 Å². The number of aliphatic hydroxyl groups excluding tert-OH is 2. The van der Waals surface area contributed by atoms with Gasteiger partial charge in [-0.15, -0.1) is 4.57 Å². The molecule has 2 aromatic heterocycles. The van der Waals surface area contributed by atoms with Crippen molar-refractivity contribution in [2.45, 2.75) is 69.7 Å². The highest BCUT2D eigenvalue weighted by atomic mass is 32.3. The molecule has 0 fully saturated rings. The number of hydrogen-bond donors (Lipinski definition) is 3. The van der Waals surface area contributed by atoms with Crippen molar-refractivity contribution in [1.82, 2.24) is 9.55 Å². The summed E-state index contributed by atoms with van der Waals surface area (Å²) in [4.78, 5) is 15.3. The molecule has 1 atom stereocenters. The Morgan fingerprint density at radius 1 is 0.975 bits per heavy atom. The summed E-state index contributed by atoms with van der Waals surface area (Å²) in [7, 11) is -15.0. The van der Waals surface area contributed by atoms with Crippen molar-refractivity contribution in [3.63, 3.8) is 0 Å². The van der Waals surface area contributed by atoms with Gasteiger partial charge in [0.05, 0.1) is 25.5 Å². The summed E-state index contributed by atoms with van der Waals surface area (Å²) in [6.07, 6.45) is 4.53. The first-order valence-electron chi connectivity index (χ1n) is 11.7. The summed E-state index contributed by atoms with van der Waals surface area (Å²) >= 11 is 0. The van der Waals surface area contributed by atoms with Gasteiger partial charge in [0.1, 0.15) is 19.0 Å². The zero-order valence-electron chi connectivity index (χ0n) is 21.1. The second-order valence-corrected chi connectivity index (χ2v) is 12.2. The first-order chi connectivity index (χ1) is 18.4. The van der Waals surface area contributed by atoms with E-state index in [1.807, 2.05) is 6.92 Å². The highest BCUT2D eigenvalue weighted by molar-refractivity contribution is 7.98. The molecule has 0 amide bonds. The molecule has 2 rings (SSSR count). The molecule has 0 aromatic carbocycles. The minimum Gasteiger partial charge on any atom is -0.388 e. The standard InChI is InChI=1S/C20H27F6N5O7S2/c1-3-5-8-28-11-12-30(18-27-7-10-29(18)9-6-4-2)17(28)16(34)15(14(33)13-32)31(39(35,36)19(21,22)23)40(37,38)20(24,25)26/h7,10-12,16,32,34H,3-6,8-9,13H2,1-2H3/q+2/p+1. The third-order valence-corrected chi connectivity index (χ3v) is 9.17. The number of alkyl halides is 6. The zero-order valence-corrected chi connectivity index (χ0v) is 22.8. The number of aliphatic hydroxyl groups is 2. The predicted molar refractivity (Wildman–Crippen MR) is 123 cm³/mol. The van der Waals surface area contributed by atoms with Gasteiger partial charge in [0.15, 0.2) is 0 Å². The number of hydrogen-bond acceptors (Lipinski definition) is 7. The summed E-state index contributed by atoms with van der Waals surface area (Å²) < 4.78 is 132. The molecule has 3 N–H and O–H groups in total. The lowest BCUT2D eigenvalue weighted by Crippen LogP contribution is -2.51. The molecule has 0 spiro atoms. The molecule has 2 heterocycles. The first-order valence-corrected chi connectivity index (χ1v) is 14.6. The van der Waals surface area contributed by atoms with Crippen LogP contribution in [0.25, 0.3) is 5.95 Å². The number of rotatable bonds is 13. The van der Waals surface area contributed by atoms with Crippen LogP contribution < -0.4 is 9.13 Å². The van der Waals surface area contributed by atoms with Gasteiger partial charge in [0.2, 0.25) is 6.10 Å². The molecule has 0 aliphatic rings. The third-order valence-electron chi connectivity index (χ3n) is 5.56. The van der Waals surface area contributed by atoms with Gasteiger partial charge < -0.3 is 10.2 Å². The van der Waals surface area contributed by atoms with Crippen molar-refractivity contribution in [1.29, 1.82) is 0 Å². The quantitative estimate of drug-likeness (QED) is 0.168. The molecule has 1 unspecified atom stereocenters. The summed E-state index contributed by atoms with van der Waals surface area (Å²) in [5.41, 5.74) is -15.7. The Morgan fingerprint density at radius 2 is 1.48 bits per heavy atom. The average Bonchev–Trinajstić information content (AvgIpc) is 3.48. The average molecular weight is 629 g/mol. The Hall–Kier alpha value is -2.84. The number of ketones is 1. The Bertz CT molecular complexity index is 1410. The van der Waals surface area contributed by atoms with Crippen molar-refractivity contribution in [2.75, 3.05) is 6.61 Å². The van der Waals surface area contributed by atoms with Crippen molar-refractivity contribution < 1.29 is 70.7 Å². The number of Topliss-reactive ketones (excluding diaryl/α,β-unsaturated/α-hetero) is 1. The number of aromatic amines is 1. The number of nitrogens with one attached hydrogen (secondary N) is 1. The maximum Gasteiger partial charge on any atom is 0.561 e. The van der Waals surface area contributed by atoms with Gasteiger partial charge in [-0.05, 0) is 12.8 Å². The number of sulfonamides is 2. The second kappa shape index (κ2) is 12.4. The van der Waals surface area contributed by atoms with Crippen LogP contribution in [0.1, 0.15) is 51.5 Å². The van der Waals surface area contributed by atoms with Crippen LogP contribution in [0, 0.1) is 0 Å². The van der Waals surface area contributed by atoms with Gasteiger partial charge in [0.25, 0.3) is 5.78 Å². The number of aromatic nitrogens is 4. The Kier molecular flexibility index (Phi) is 10.3. The topological polar surface area (TPSA) is 157 Å². The smallest absolute Gasteiger partial charge is 0.388 e. The number of nitrogens with zero attached hydrogens (tertiary/aromatic N) is 4. The second-order valence-electron chi connectivity index (χ2n) is 8.37. The van der Waals surface area contributed by atoms with Crippen LogP contribution in [0.15, 0.2) is 24.8 Å². The predicted octanol–water partition coefficient (Wildman–Crippen LogP) is 0.728. The minimum absolute atomic E-state index is 0.0375. The lowest BCUT2D eigenvalue weighted by atomic mass is 10.1. The van der Waals surface area contributed by atoms with Crippen molar-refractivity contribution in [3.8, 4) is 5.95 Å². The lowest BCUT2D eigenvalue weighted by molar-refractivity contribution is -0.710. The molecule has 40 heavy (non-hydrogen) atoms. The number of aryl methyl sites for hydroxylation is 2. The SMILES string of the molecule is CCCC[n+]1cc[nH]c1-n1cc[n+](CCCC)c1C(O)C(C(=O)CO)=[N+](S(=O)(=O)C(F)(F)F)S(=O)(=O)C(F)(F)F. The normalized spacial score (nSPS) is 13.8. The summed E-state index contributed by atoms with van der Waals surface area (Å²) in [6, 6.07) is 0. The molecule has 0 aliphatic heterocycles. The van der Waals surface area contributed by atoms with Crippen LogP contribution in [0.3, 0.4) is 0 Å². The van der Waals surface area contributed by atoms with Gasteiger partial charge >= 0.3 is 48.5 Å². The highest BCUT2D eigenvalue weighted by Crippen LogP contribution is 2.34. The van der Waals surface area contributed by atoms with Crippen LogP contribution >= 0.6 is 0 Å². The molecule has 0 aliphatic carbocycles. The molecule has 0 bridgehead atoms. The molecule has 0 saturated heterocycles. The zero-order chi connectivity index (χ0) is 30.7. The largest absolute Gasteiger partial charge is 0.561 e.